The Labute approximate surface area is 358 Å². The Kier molecular flexibility index (Phi) is 40.0. The summed E-state index contributed by atoms with van der Waals surface area (Å²) in [6.45, 7) is 4.74. The first-order chi connectivity index (χ1) is 28.1. The van der Waals surface area contributed by atoms with Crippen molar-refractivity contribution in [1.82, 2.24) is 0 Å². The molecule has 0 amide bonds. The van der Waals surface area contributed by atoms with E-state index in [0.717, 1.165) is 38.5 Å². The van der Waals surface area contributed by atoms with E-state index < -0.39 is 18.1 Å². The first-order valence-electron chi connectivity index (χ1n) is 24.4. The number of carboxylic acids is 1. The number of nitrogens with zero attached hydrogens (tertiary/aromatic N) is 1. The largest absolute Gasteiger partial charge is 0.477 e. The molecule has 0 radical (unpaired) electrons. The monoisotopic (exact) mass is 821 g/mol. The van der Waals surface area contributed by atoms with Gasteiger partial charge in [-0.05, 0) is 38.5 Å². The second kappa shape index (κ2) is 41.5. The summed E-state index contributed by atoms with van der Waals surface area (Å²) >= 11 is 0. The molecule has 0 aliphatic heterocycles. The molecule has 2 atom stereocenters. The van der Waals surface area contributed by atoms with Crippen LogP contribution in [0, 0.1) is 0 Å². The van der Waals surface area contributed by atoms with E-state index in [0.29, 0.717) is 19.3 Å². The summed E-state index contributed by atoms with van der Waals surface area (Å²) in [5, 5.41) is 9.63. The van der Waals surface area contributed by atoms with Crippen molar-refractivity contribution in [2.75, 3.05) is 41.0 Å². The molecular formula is C50H94NO7+. The van der Waals surface area contributed by atoms with Crippen molar-refractivity contribution in [3.8, 4) is 0 Å². The van der Waals surface area contributed by atoms with Crippen molar-refractivity contribution in [1.29, 1.82) is 0 Å². The van der Waals surface area contributed by atoms with Crippen molar-refractivity contribution in [3.63, 3.8) is 0 Å². The zero-order valence-electron chi connectivity index (χ0n) is 38.8. The van der Waals surface area contributed by atoms with Crippen molar-refractivity contribution < 1.29 is 38.2 Å². The molecule has 0 aliphatic carbocycles. The zero-order valence-corrected chi connectivity index (χ0v) is 38.8. The van der Waals surface area contributed by atoms with Gasteiger partial charge in [0.15, 0.2) is 12.1 Å². The van der Waals surface area contributed by atoms with Crippen LogP contribution in [0.1, 0.15) is 226 Å². The summed E-state index contributed by atoms with van der Waals surface area (Å²) in [4.78, 5) is 37.1. The van der Waals surface area contributed by atoms with Crippen LogP contribution in [0.3, 0.4) is 0 Å². The van der Waals surface area contributed by atoms with Crippen LogP contribution in [0.5, 0.6) is 0 Å². The minimum Gasteiger partial charge on any atom is -0.477 e. The quantitative estimate of drug-likeness (QED) is 0.0283. The van der Waals surface area contributed by atoms with Crippen LogP contribution in [0.25, 0.3) is 0 Å². The smallest absolute Gasteiger partial charge is 0.362 e. The number of carbonyl (C=O) groups is 3. The van der Waals surface area contributed by atoms with E-state index in [4.69, 9.17) is 14.2 Å². The summed E-state index contributed by atoms with van der Waals surface area (Å²) in [6.07, 6.45) is 46.4. The first kappa shape index (κ1) is 55.8. The molecule has 0 heterocycles. The fourth-order valence-electron chi connectivity index (χ4n) is 7.32. The van der Waals surface area contributed by atoms with E-state index in [2.05, 4.69) is 38.2 Å². The predicted octanol–water partition coefficient (Wildman–Crippen LogP) is 13.6. The molecule has 0 bridgehead atoms. The fourth-order valence-corrected chi connectivity index (χ4v) is 7.32. The van der Waals surface area contributed by atoms with E-state index in [1.54, 1.807) is 0 Å². The maximum absolute atomic E-state index is 12.7. The maximum atomic E-state index is 12.7. The highest BCUT2D eigenvalue weighted by Gasteiger charge is 2.31. The summed E-state index contributed by atoms with van der Waals surface area (Å²) < 4.78 is 17.3. The van der Waals surface area contributed by atoms with E-state index in [1.807, 2.05) is 21.1 Å². The van der Waals surface area contributed by atoms with Crippen molar-refractivity contribution in [2.45, 2.75) is 238 Å². The number of carbonyl (C=O) groups excluding carboxylic acids is 2. The van der Waals surface area contributed by atoms with Crippen LogP contribution in [0.15, 0.2) is 24.3 Å². The zero-order chi connectivity index (χ0) is 42.8. The second-order valence-corrected chi connectivity index (χ2v) is 17.8. The number of esters is 2. The minimum absolute atomic E-state index is 0.0481. The van der Waals surface area contributed by atoms with Crippen molar-refractivity contribution >= 4 is 17.9 Å². The lowest BCUT2D eigenvalue weighted by molar-refractivity contribution is -0.887. The summed E-state index contributed by atoms with van der Waals surface area (Å²) in [5.41, 5.74) is 0. The molecule has 8 nitrogen and oxygen atoms in total. The summed E-state index contributed by atoms with van der Waals surface area (Å²) in [5.74, 6) is -1.46. The Balaban J connectivity index is 4.24. The van der Waals surface area contributed by atoms with Gasteiger partial charge in [0, 0.05) is 19.3 Å². The van der Waals surface area contributed by atoms with Gasteiger partial charge < -0.3 is 23.8 Å². The number of allylic oxidation sites excluding steroid dienone is 4. The van der Waals surface area contributed by atoms with Gasteiger partial charge in [0.05, 0.1) is 34.4 Å². The van der Waals surface area contributed by atoms with Gasteiger partial charge in [0.25, 0.3) is 0 Å². The molecule has 8 heteroatoms. The molecule has 0 aromatic heterocycles. The molecule has 1 N–H and O–H groups in total. The van der Waals surface area contributed by atoms with Crippen LogP contribution in [0.2, 0.25) is 0 Å². The lowest BCUT2D eigenvalue weighted by atomic mass is 10.0. The van der Waals surface area contributed by atoms with Gasteiger partial charge in [-0.3, -0.25) is 9.59 Å². The molecule has 58 heavy (non-hydrogen) atoms. The molecule has 2 unspecified atom stereocenters. The van der Waals surface area contributed by atoms with Gasteiger partial charge in [-0.1, -0.05) is 192 Å². The van der Waals surface area contributed by atoms with Crippen LogP contribution in [-0.2, 0) is 28.6 Å². The highest BCUT2D eigenvalue weighted by atomic mass is 16.6. The van der Waals surface area contributed by atoms with Gasteiger partial charge in [-0.15, -0.1) is 0 Å². The predicted molar refractivity (Wildman–Crippen MR) is 243 cm³/mol. The molecule has 0 saturated carbocycles. The van der Waals surface area contributed by atoms with Gasteiger partial charge >= 0.3 is 17.9 Å². The SMILES string of the molecule is CCCCCC/C=C/C=C/CCCCCCCCCCCCC(=O)OCC(COCCC(C(=O)O)[N+](C)(C)C)OC(=O)CCCCCCCCCCCCCCCC. The van der Waals surface area contributed by atoms with Crippen LogP contribution >= 0.6 is 0 Å². The van der Waals surface area contributed by atoms with Gasteiger partial charge in [0.1, 0.15) is 6.61 Å². The van der Waals surface area contributed by atoms with Crippen molar-refractivity contribution in [2.24, 2.45) is 0 Å². The minimum atomic E-state index is -0.873. The normalized spacial score (nSPS) is 13.1. The van der Waals surface area contributed by atoms with Crippen LogP contribution in [-0.4, -0.2) is 80.6 Å². The average Bonchev–Trinajstić information content (AvgIpc) is 3.18. The van der Waals surface area contributed by atoms with E-state index >= 15 is 0 Å². The first-order valence-corrected chi connectivity index (χ1v) is 24.4. The Morgan fingerprint density at radius 3 is 1.31 bits per heavy atom. The molecule has 0 saturated heterocycles. The Hall–Kier alpha value is -2.19. The standard InChI is InChI=1S/C50H93NO7/c1-6-8-10-12-14-16-18-20-22-23-24-25-26-27-29-30-32-34-36-38-40-48(52)57-45-46(44-56-43-42-47(50(54)55)51(3,4)5)58-49(53)41-39-37-35-33-31-28-21-19-17-15-13-11-9-7-2/h16,18,20,22,46-47H,6-15,17,19,21,23-45H2,1-5H3/p+1/b18-16+,22-20+. The number of unbranched alkanes of at least 4 members (excludes halogenated alkanes) is 27. The maximum Gasteiger partial charge on any atom is 0.362 e. The third-order valence-corrected chi connectivity index (χ3v) is 11.1. The topological polar surface area (TPSA) is 99.1 Å². The van der Waals surface area contributed by atoms with Gasteiger partial charge in [-0.2, -0.15) is 0 Å². The number of ether oxygens (including phenoxy) is 3. The number of hydrogen-bond donors (Lipinski definition) is 1. The lowest BCUT2D eigenvalue weighted by Crippen LogP contribution is -2.50. The fraction of sp³-hybridized carbons (Fsp3) is 0.860. The molecule has 0 spiro atoms. The molecule has 0 aromatic rings. The average molecular weight is 821 g/mol. The summed E-state index contributed by atoms with van der Waals surface area (Å²) in [6, 6.07) is -0.612. The number of hydrogen-bond acceptors (Lipinski definition) is 6. The molecule has 0 aliphatic rings. The number of aliphatic carboxylic acids is 1. The van der Waals surface area contributed by atoms with Crippen LogP contribution < -0.4 is 0 Å². The Bertz CT molecular complexity index is 1000. The number of likely N-dealkylation sites (N-methyl/N-ethyl adjacent to an activating group) is 1. The van der Waals surface area contributed by atoms with Gasteiger partial charge in [0.2, 0.25) is 0 Å². The van der Waals surface area contributed by atoms with E-state index in [-0.39, 0.29) is 36.2 Å². The van der Waals surface area contributed by atoms with Gasteiger partial charge in [-0.25, -0.2) is 4.79 Å². The number of quaternary nitrogens is 1. The third-order valence-electron chi connectivity index (χ3n) is 11.1. The van der Waals surface area contributed by atoms with E-state index in [1.165, 1.54) is 154 Å². The highest BCUT2D eigenvalue weighted by Crippen LogP contribution is 2.16. The second-order valence-electron chi connectivity index (χ2n) is 17.8. The number of rotatable bonds is 44. The number of carboxylic acid groups (broad SMARTS) is 1. The molecule has 340 valence electrons. The van der Waals surface area contributed by atoms with Crippen molar-refractivity contribution in [3.05, 3.63) is 24.3 Å². The molecule has 0 aromatic carbocycles. The molecule has 0 fully saturated rings. The lowest BCUT2D eigenvalue weighted by Gasteiger charge is -2.31. The highest BCUT2D eigenvalue weighted by molar-refractivity contribution is 5.72. The Morgan fingerprint density at radius 2 is 0.897 bits per heavy atom. The third kappa shape index (κ3) is 39.3. The molecular weight excluding hydrogens is 727 g/mol. The Morgan fingerprint density at radius 1 is 0.517 bits per heavy atom. The van der Waals surface area contributed by atoms with Crippen LogP contribution in [0.4, 0.5) is 0 Å². The summed E-state index contributed by atoms with van der Waals surface area (Å²) in [7, 11) is 5.54. The van der Waals surface area contributed by atoms with E-state index in [9.17, 15) is 19.5 Å². The molecule has 0 rings (SSSR count).